The molecule has 4 unspecified atom stereocenters. The molecule has 384 valence electrons. The Hall–Kier alpha value is -3.37. The number of ketones is 5. The van der Waals surface area contributed by atoms with E-state index < -0.39 is 0 Å². The van der Waals surface area contributed by atoms with Crippen LogP contribution in [0.15, 0.2) is 68.3 Å². The fourth-order valence-corrected chi connectivity index (χ4v) is 5.53. The van der Waals surface area contributed by atoms with E-state index in [0.29, 0.717) is 44.1 Å². The lowest BCUT2D eigenvalue weighted by Crippen LogP contribution is -2.16. The number of hydrogen-bond acceptors (Lipinski definition) is 9. The number of carbonyl (C=O) groups excluding carboxylic acids is 5. The predicted octanol–water partition coefficient (Wildman–Crippen LogP) is 15.9. The molecule has 0 aliphatic heterocycles. The molecule has 0 radical (unpaired) electrons. The molecular weight excluding hydrogens is 805 g/mol. The Kier molecular flexibility index (Phi) is 87.4. The van der Waals surface area contributed by atoms with E-state index in [2.05, 4.69) is 19.7 Å². The topological polar surface area (TPSA) is 122 Å². The monoisotopic (exact) mass is 915 g/mol. The van der Waals surface area contributed by atoms with Gasteiger partial charge in [-0.25, -0.2) is 0 Å². The van der Waals surface area contributed by atoms with Crippen molar-refractivity contribution in [1.82, 2.24) is 0 Å². The lowest BCUT2D eigenvalue weighted by Gasteiger charge is -2.12. The van der Waals surface area contributed by atoms with Crippen molar-refractivity contribution >= 4 is 28.9 Å². The highest BCUT2D eigenvalue weighted by atomic mass is 16.5. The third-order valence-corrected chi connectivity index (χ3v) is 8.74. The molecular formula is C55H110O9. The number of Topliss-reactive ketones (excluding diaryl/α,β-unsaturated/α-hetero) is 5. The van der Waals surface area contributed by atoms with Crippen molar-refractivity contribution in [3.05, 3.63) is 73.9 Å². The summed E-state index contributed by atoms with van der Waals surface area (Å²) >= 11 is 0. The number of carbonyl (C=O) groups is 5. The van der Waals surface area contributed by atoms with Crippen LogP contribution in [0.3, 0.4) is 0 Å². The molecule has 0 aliphatic carbocycles. The number of allylic oxidation sites excluding steroid dienone is 3. The second-order valence-electron chi connectivity index (χ2n) is 14.1. The Morgan fingerprint density at radius 3 is 1.06 bits per heavy atom. The summed E-state index contributed by atoms with van der Waals surface area (Å²) in [5.41, 5.74) is 0.713. The fourth-order valence-electron chi connectivity index (χ4n) is 5.53. The maximum atomic E-state index is 11.8. The average Bonchev–Trinajstić information content (AvgIpc) is 3.17. The van der Waals surface area contributed by atoms with Gasteiger partial charge in [0.2, 0.25) is 0 Å². The molecule has 9 nitrogen and oxygen atoms in total. The van der Waals surface area contributed by atoms with Gasteiger partial charge in [0.25, 0.3) is 0 Å². The van der Waals surface area contributed by atoms with Gasteiger partial charge in [-0.3, -0.25) is 24.0 Å². The third kappa shape index (κ3) is 62.9. The standard InChI is InChI=1S/C14H18O3.C13H24O2.C11H20O2.C9H16O2.8CH4/c1-11(15)10-13(17-2)8-9-14(16)12-6-4-3-5-7-12;1-4-5-6-7-8-9-10-13(15-3)11-12(2)14;1-4-5-6-7-8-11(13-3)9-10(2)12;1-4-5-6-9(11-3)7-8(2)10;;;;;;;;/h3-7,13H,8-10H2,1-2H3;4,13H,1,5-11H2,2-3H3;4,11H,1,5-9H2,2-3H3;4,9H,1,5-7H2,2-3H3;8*1H4. The quantitative estimate of drug-likeness (QED) is 0.0407. The van der Waals surface area contributed by atoms with Crippen molar-refractivity contribution in [2.24, 2.45) is 0 Å². The molecule has 0 fully saturated rings. The van der Waals surface area contributed by atoms with E-state index >= 15 is 0 Å². The van der Waals surface area contributed by atoms with Crippen molar-refractivity contribution in [3.63, 3.8) is 0 Å². The van der Waals surface area contributed by atoms with Crippen molar-refractivity contribution < 1.29 is 42.9 Å². The van der Waals surface area contributed by atoms with Gasteiger partial charge in [0.1, 0.15) is 23.1 Å². The number of benzene rings is 1. The smallest absolute Gasteiger partial charge is 0.162 e. The van der Waals surface area contributed by atoms with Gasteiger partial charge in [0.05, 0.1) is 24.4 Å². The Morgan fingerprint density at radius 2 is 0.734 bits per heavy atom. The molecule has 1 aromatic carbocycles. The summed E-state index contributed by atoms with van der Waals surface area (Å²) in [4.78, 5) is 55.1. The molecule has 9 heteroatoms. The Labute approximate surface area is 400 Å². The summed E-state index contributed by atoms with van der Waals surface area (Å²) in [6.45, 7) is 17.3. The van der Waals surface area contributed by atoms with E-state index in [1.165, 1.54) is 26.2 Å². The van der Waals surface area contributed by atoms with Crippen LogP contribution >= 0.6 is 0 Å². The maximum absolute atomic E-state index is 11.8. The highest BCUT2D eigenvalue weighted by molar-refractivity contribution is 5.96. The normalized spacial score (nSPS) is 10.8. The van der Waals surface area contributed by atoms with Crippen LogP contribution in [-0.4, -0.2) is 81.8 Å². The minimum atomic E-state index is -0.153. The first-order valence-electron chi connectivity index (χ1n) is 20.2. The molecule has 64 heavy (non-hydrogen) atoms. The zero-order chi connectivity index (χ0) is 43.0. The van der Waals surface area contributed by atoms with E-state index in [4.69, 9.17) is 18.9 Å². The second kappa shape index (κ2) is 63.9. The number of methoxy groups -OCH3 is 4. The first-order chi connectivity index (χ1) is 26.7. The first-order valence-corrected chi connectivity index (χ1v) is 20.2. The summed E-state index contributed by atoms with van der Waals surface area (Å²) < 4.78 is 20.7. The molecule has 0 aromatic heterocycles. The van der Waals surface area contributed by atoms with Gasteiger partial charge < -0.3 is 18.9 Å². The van der Waals surface area contributed by atoms with Crippen molar-refractivity contribution in [2.45, 2.75) is 227 Å². The maximum Gasteiger partial charge on any atom is 0.162 e. The second-order valence-corrected chi connectivity index (χ2v) is 14.1. The third-order valence-electron chi connectivity index (χ3n) is 8.74. The molecule has 1 rings (SSSR count). The lowest BCUT2D eigenvalue weighted by molar-refractivity contribution is -0.120. The number of hydrogen-bond donors (Lipinski definition) is 0. The van der Waals surface area contributed by atoms with Gasteiger partial charge in [-0.05, 0) is 85.5 Å². The Morgan fingerprint density at radius 1 is 0.438 bits per heavy atom. The number of unbranched alkanes of at least 4 members (excludes halogenated alkanes) is 6. The molecule has 0 aliphatic rings. The SMILES string of the molecule is C.C.C.C.C.C.C.C.C=CCCC(CC(C)=O)OC.C=CCCCCC(CC(C)=O)OC.C=CCCCCCCC(CC(C)=O)OC.COC(CCC(=O)c1ccccc1)CC(C)=O. The van der Waals surface area contributed by atoms with Crippen molar-refractivity contribution in [3.8, 4) is 0 Å². The largest absolute Gasteiger partial charge is 0.381 e. The highest BCUT2D eigenvalue weighted by Crippen LogP contribution is 2.13. The van der Waals surface area contributed by atoms with E-state index in [1.54, 1.807) is 61.3 Å². The van der Waals surface area contributed by atoms with Gasteiger partial charge in [0, 0.05) is 66.1 Å². The summed E-state index contributed by atoms with van der Waals surface area (Å²) in [6, 6.07) is 9.17. The van der Waals surface area contributed by atoms with Crippen LogP contribution in [0.1, 0.15) is 213 Å². The summed E-state index contributed by atoms with van der Waals surface area (Å²) in [7, 11) is 6.56. The molecule has 1 aromatic rings. The minimum Gasteiger partial charge on any atom is -0.381 e. The lowest BCUT2D eigenvalue weighted by atomic mass is 10.0. The predicted molar refractivity (Wildman–Crippen MR) is 284 cm³/mol. The van der Waals surface area contributed by atoms with Crippen LogP contribution in [0.2, 0.25) is 0 Å². The van der Waals surface area contributed by atoms with Crippen molar-refractivity contribution in [1.29, 1.82) is 0 Å². The molecule has 0 bridgehead atoms. The molecule has 0 saturated carbocycles. The Bertz CT molecular complexity index is 1180. The molecule has 4 atom stereocenters. The van der Waals surface area contributed by atoms with E-state index in [9.17, 15) is 24.0 Å². The zero-order valence-corrected chi connectivity index (χ0v) is 36.5. The van der Waals surface area contributed by atoms with E-state index in [0.717, 1.165) is 57.8 Å². The summed E-state index contributed by atoms with van der Waals surface area (Å²) in [6.07, 6.45) is 21.9. The van der Waals surface area contributed by atoms with Crippen LogP contribution in [0, 0.1) is 0 Å². The van der Waals surface area contributed by atoms with E-state index in [-0.39, 0.29) is 113 Å². The Balaban J connectivity index is -0.0000000631. The molecule has 0 N–H and O–H groups in total. The highest BCUT2D eigenvalue weighted by Gasteiger charge is 2.14. The zero-order valence-electron chi connectivity index (χ0n) is 36.5. The number of rotatable bonds is 31. The molecule has 0 heterocycles. The van der Waals surface area contributed by atoms with Crippen LogP contribution in [0.4, 0.5) is 0 Å². The first kappa shape index (κ1) is 87.5. The summed E-state index contributed by atoms with van der Waals surface area (Å²) in [5.74, 6) is 0.783. The van der Waals surface area contributed by atoms with Gasteiger partial charge in [0.15, 0.2) is 5.78 Å². The van der Waals surface area contributed by atoms with Gasteiger partial charge in [-0.1, -0.05) is 134 Å². The minimum absolute atomic E-state index is 0. The average molecular weight is 915 g/mol. The molecule has 0 amide bonds. The number of ether oxygens (including phenoxy) is 4. The van der Waals surface area contributed by atoms with E-state index in [1.807, 2.05) is 36.4 Å². The van der Waals surface area contributed by atoms with Crippen LogP contribution in [0.5, 0.6) is 0 Å². The van der Waals surface area contributed by atoms with Crippen LogP contribution < -0.4 is 0 Å². The summed E-state index contributed by atoms with van der Waals surface area (Å²) in [5, 5.41) is 0. The van der Waals surface area contributed by atoms with Gasteiger partial charge >= 0.3 is 0 Å². The van der Waals surface area contributed by atoms with Crippen LogP contribution in [-0.2, 0) is 38.1 Å². The molecule has 0 saturated heterocycles. The van der Waals surface area contributed by atoms with Crippen LogP contribution in [0.25, 0.3) is 0 Å². The molecule has 0 spiro atoms. The van der Waals surface area contributed by atoms with Crippen molar-refractivity contribution in [2.75, 3.05) is 28.4 Å². The fraction of sp³-hybridized carbons (Fsp3) is 0.691. The van der Waals surface area contributed by atoms with Gasteiger partial charge in [-0.15, -0.1) is 19.7 Å². The van der Waals surface area contributed by atoms with Gasteiger partial charge in [-0.2, -0.15) is 0 Å².